The van der Waals surface area contributed by atoms with Gasteiger partial charge in [-0.25, -0.2) is 0 Å². The first-order chi connectivity index (χ1) is 32.9. The number of hydrogen-bond donors (Lipinski definition) is 0. The van der Waals surface area contributed by atoms with E-state index in [9.17, 15) is 0 Å². The summed E-state index contributed by atoms with van der Waals surface area (Å²) in [6.45, 7) is 7.19. The van der Waals surface area contributed by atoms with Crippen LogP contribution in [0.4, 0.5) is 34.1 Å². The number of fused-ring (bicyclic) bond motifs is 6. The van der Waals surface area contributed by atoms with Gasteiger partial charge in [0.15, 0.2) is 0 Å². The van der Waals surface area contributed by atoms with Crippen LogP contribution in [0.3, 0.4) is 0 Å². The summed E-state index contributed by atoms with van der Waals surface area (Å²) in [4.78, 5) is 5.24. The van der Waals surface area contributed by atoms with Gasteiger partial charge in [0.2, 0.25) is 0 Å². The molecule has 7 aromatic rings. The molecule has 2 nitrogen and oxygen atoms in total. The van der Waals surface area contributed by atoms with E-state index in [1.807, 2.05) is 0 Å². The Morgan fingerprint density at radius 2 is 1.22 bits per heavy atom. The quantitative estimate of drug-likeness (QED) is 0.116. The Labute approximate surface area is 398 Å². The van der Waals surface area contributed by atoms with Crippen molar-refractivity contribution in [3.63, 3.8) is 0 Å². The zero-order chi connectivity index (χ0) is 44.5. The molecule has 0 radical (unpaired) electrons. The maximum Gasteiger partial charge on any atom is 0.253 e. The van der Waals surface area contributed by atoms with E-state index in [0.717, 1.165) is 30.1 Å². The van der Waals surface area contributed by atoms with Gasteiger partial charge in [0, 0.05) is 45.5 Å². The van der Waals surface area contributed by atoms with Gasteiger partial charge in [0.1, 0.15) is 0 Å². The van der Waals surface area contributed by atoms with Gasteiger partial charge in [-0.3, -0.25) is 0 Å². The lowest BCUT2D eigenvalue weighted by atomic mass is 9.32. The first-order valence-electron chi connectivity index (χ1n) is 25.7. The molecule has 3 heteroatoms. The average Bonchev–Trinajstić information content (AvgIpc) is 3.35. The van der Waals surface area contributed by atoms with E-state index in [-0.39, 0.29) is 12.1 Å². The number of nitrogens with zero attached hydrogens (tertiary/aromatic N) is 2. The zero-order valence-corrected chi connectivity index (χ0v) is 39.3. The van der Waals surface area contributed by atoms with Crippen LogP contribution in [0.2, 0.25) is 0 Å². The van der Waals surface area contributed by atoms with E-state index in [1.165, 1.54) is 141 Å². The minimum atomic E-state index is -0.00987. The molecule has 2 aliphatic heterocycles. The van der Waals surface area contributed by atoms with Gasteiger partial charge in [-0.1, -0.05) is 146 Å². The molecule has 14 rings (SSSR count). The molecule has 7 aromatic carbocycles. The first kappa shape index (κ1) is 39.8. The van der Waals surface area contributed by atoms with Crippen LogP contribution in [0.1, 0.15) is 94.2 Å². The number of rotatable bonds is 7. The first-order valence-corrected chi connectivity index (χ1v) is 25.7. The molecule has 0 aromatic heterocycles. The Morgan fingerprint density at radius 1 is 0.612 bits per heavy atom. The van der Waals surface area contributed by atoms with E-state index >= 15 is 0 Å². The predicted molar refractivity (Wildman–Crippen MR) is 282 cm³/mol. The standard InChI is InChI=1S/C64H59BN2/c1-4-52-45-19-11-14-41(34-45)35-55(52)44-24-28-50(29-25-44)66-56-22-12-20-53(42-15-7-5-8-16-42)61(56)65-62-54(43-17-9-6-10-18-43)21-13-23-57(62)67(59-33-40(2)32-58(66)63(59)65)51-30-26-49(27-31-51)64(3)38-47-36-46-37-48(39-64)60(46)47/h5-10,12-13,15-18,20-33,38,41,46,48,55,60H,4,11,14,19,34-37,39H2,1-3H3/t41?,46?,48?,55?,60-,64?/m1/s1. The van der Waals surface area contributed by atoms with E-state index in [2.05, 4.69) is 194 Å². The van der Waals surface area contributed by atoms with E-state index < -0.39 is 0 Å². The summed E-state index contributed by atoms with van der Waals surface area (Å²) >= 11 is 0. The van der Waals surface area contributed by atoms with Gasteiger partial charge in [0.25, 0.3) is 6.71 Å². The Hall–Kier alpha value is -6.32. The van der Waals surface area contributed by atoms with Gasteiger partial charge in [-0.05, 0) is 192 Å². The third kappa shape index (κ3) is 6.02. The summed E-state index contributed by atoms with van der Waals surface area (Å²) in [7, 11) is 0. The Bertz CT molecular complexity index is 3180. The van der Waals surface area contributed by atoms with Crippen molar-refractivity contribution in [2.75, 3.05) is 9.80 Å². The molecule has 2 heterocycles. The van der Waals surface area contributed by atoms with Gasteiger partial charge < -0.3 is 9.80 Å². The fraction of sp³-hybridized carbons (Fsp3) is 0.281. The fourth-order valence-corrected chi connectivity index (χ4v) is 15.1. The SMILES string of the molecule is CCC1=C2CCCC(C2)CC1c1ccc(N2c3cccc(-c4ccccc4)c3B3c4c(-c5ccccc5)cccc4N(c4ccc(C5(C)C=C6CC7CC(C5)[C@@H]67)cc4)c4cc(C)cc2c43)cc1. The van der Waals surface area contributed by atoms with Crippen LogP contribution < -0.4 is 26.2 Å². The predicted octanol–water partition coefficient (Wildman–Crippen LogP) is 15.0. The molecule has 7 aliphatic rings. The van der Waals surface area contributed by atoms with Crippen molar-refractivity contribution < 1.29 is 0 Å². The van der Waals surface area contributed by atoms with Crippen LogP contribution in [0, 0.1) is 30.6 Å². The lowest BCUT2D eigenvalue weighted by Gasteiger charge is -2.60. The number of aryl methyl sites for hydroxylation is 1. The Kier molecular flexibility index (Phi) is 8.97. The van der Waals surface area contributed by atoms with Crippen LogP contribution in [0.5, 0.6) is 0 Å². The van der Waals surface area contributed by atoms with E-state index in [4.69, 9.17) is 0 Å². The summed E-state index contributed by atoms with van der Waals surface area (Å²) in [6, 6.07) is 61.1. The van der Waals surface area contributed by atoms with Crippen molar-refractivity contribution in [3.05, 3.63) is 197 Å². The van der Waals surface area contributed by atoms with Crippen LogP contribution >= 0.6 is 0 Å². The van der Waals surface area contributed by atoms with Crippen LogP contribution in [0.15, 0.2) is 181 Å². The second kappa shape index (κ2) is 15.1. The van der Waals surface area contributed by atoms with Crippen molar-refractivity contribution in [2.45, 2.75) is 89.9 Å². The van der Waals surface area contributed by atoms with E-state index in [1.54, 1.807) is 16.7 Å². The highest BCUT2D eigenvalue weighted by molar-refractivity contribution is 7.01. The second-order valence-corrected chi connectivity index (χ2v) is 21.7. The van der Waals surface area contributed by atoms with Crippen LogP contribution in [-0.2, 0) is 5.41 Å². The molecule has 5 aliphatic carbocycles. The lowest BCUT2D eigenvalue weighted by Crippen LogP contribution is -2.62. The highest BCUT2D eigenvalue weighted by Gasteiger charge is 2.55. The topological polar surface area (TPSA) is 6.48 Å². The summed E-state index contributed by atoms with van der Waals surface area (Å²) in [5, 5.41) is 0. The van der Waals surface area contributed by atoms with Gasteiger partial charge in [-0.15, -0.1) is 0 Å². The number of allylic oxidation sites excluding steroid dienone is 4. The molecule has 6 atom stereocenters. The number of hydrogen-bond acceptors (Lipinski definition) is 2. The molecule has 0 amide bonds. The highest BCUT2D eigenvalue weighted by Crippen LogP contribution is 2.64. The molecule has 328 valence electrons. The van der Waals surface area contributed by atoms with Crippen molar-refractivity contribution in [3.8, 4) is 22.3 Å². The largest absolute Gasteiger partial charge is 0.311 e. The molecule has 0 saturated heterocycles. The second-order valence-electron chi connectivity index (χ2n) is 21.7. The minimum Gasteiger partial charge on any atom is -0.311 e. The molecule has 0 N–H and O–H groups in total. The normalized spacial score (nSPS) is 25.0. The van der Waals surface area contributed by atoms with Crippen molar-refractivity contribution in [2.24, 2.45) is 23.7 Å². The lowest BCUT2D eigenvalue weighted by molar-refractivity contribution is 0.00736. The Balaban J connectivity index is 0.984. The molecule has 5 unspecified atom stereocenters. The van der Waals surface area contributed by atoms with Crippen molar-refractivity contribution >= 4 is 57.2 Å². The average molecular weight is 867 g/mol. The van der Waals surface area contributed by atoms with Gasteiger partial charge >= 0.3 is 0 Å². The summed E-state index contributed by atoms with van der Waals surface area (Å²) < 4.78 is 0. The Morgan fingerprint density at radius 3 is 1.81 bits per heavy atom. The highest BCUT2D eigenvalue weighted by atomic mass is 15.2. The van der Waals surface area contributed by atoms with Crippen molar-refractivity contribution in [1.29, 1.82) is 0 Å². The minimum absolute atomic E-state index is 0.00987. The molecular formula is C64H59BN2. The maximum absolute atomic E-state index is 2.67. The molecule has 3 fully saturated rings. The zero-order valence-electron chi connectivity index (χ0n) is 39.3. The monoisotopic (exact) mass is 866 g/mol. The van der Waals surface area contributed by atoms with Crippen LogP contribution in [-0.4, -0.2) is 6.71 Å². The molecule has 2 bridgehead atoms. The molecule has 3 saturated carbocycles. The van der Waals surface area contributed by atoms with Crippen LogP contribution in [0.25, 0.3) is 22.3 Å². The maximum atomic E-state index is 2.67. The third-order valence-electron chi connectivity index (χ3n) is 18.0. The molecule has 0 spiro atoms. The number of anilines is 6. The van der Waals surface area contributed by atoms with E-state index in [0.29, 0.717) is 5.92 Å². The van der Waals surface area contributed by atoms with Crippen molar-refractivity contribution in [1.82, 2.24) is 0 Å². The summed E-state index contributed by atoms with van der Waals surface area (Å²) in [5.41, 5.74) is 26.3. The van der Waals surface area contributed by atoms with Gasteiger partial charge in [-0.2, -0.15) is 0 Å². The van der Waals surface area contributed by atoms with Gasteiger partial charge in [0.05, 0.1) is 0 Å². The molecular weight excluding hydrogens is 808 g/mol. The number of benzene rings is 7. The summed E-state index contributed by atoms with van der Waals surface area (Å²) in [6.07, 6.45) is 14.6. The molecule has 67 heavy (non-hydrogen) atoms. The summed E-state index contributed by atoms with van der Waals surface area (Å²) in [5.74, 6) is 4.11. The smallest absolute Gasteiger partial charge is 0.253 e. The fourth-order valence-electron chi connectivity index (χ4n) is 15.1. The third-order valence-corrected chi connectivity index (χ3v) is 18.0.